The van der Waals surface area contributed by atoms with Gasteiger partial charge >= 0.3 is 0 Å². The highest BCUT2D eigenvalue weighted by Gasteiger charge is 2.05. The molecule has 0 N–H and O–H groups in total. The van der Waals surface area contributed by atoms with Gasteiger partial charge in [0.05, 0.1) is 0 Å². The van der Waals surface area contributed by atoms with Crippen LogP contribution in [0.2, 0.25) is 0 Å². The molecule has 68 valence electrons. The Bertz CT molecular complexity index is 188. The normalized spacial score (nSPS) is 11.6. The summed E-state index contributed by atoms with van der Waals surface area (Å²) in [4.78, 5) is 11.1. The maximum absolute atomic E-state index is 11.1. The molecule has 0 rings (SSSR count). The molecule has 0 fully saturated rings. The summed E-state index contributed by atoms with van der Waals surface area (Å²) in [6, 6.07) is 0. The monoisotopic (exact) mass is 186 g/mol. The van der Waals surface area contributed by atoms with E-state index in [1.54, 1.807) is 0 Å². The van der Waals surface area contributed by atoms with Gasteiger partial charge in [0.1, 0.15) is 0 Å². The van der Waals surface area contributed by atoms with Crippen LogP contribution in [0, 0.1) is 17.8 Å². The van der Waals surface area contributed by atoms with Crippen molar-refractivity contribution in [1.29, 1.82) is 0 Å². The van der Waals surface area contributed by atoms with E-state index in [0.717, 1.165) is 19.3 Å². The highest BCUT2D eigenvalue weighted by Crippen LogP contribution is 2.00. The third kappa shape index (κ3) is 5.21. The van der Waals surface area contributed by atoms with Crippen LogP contribution in [0.25, 0.3) is 0 Å². The van der Waals surface area contributed by atoms with Crippen LogP contribution in [0.15, 0.2) is 0 Å². The minimum atomic E-state index is 0.0482. The standard InChI is InChI=1S/C10H15ClO/c1-3-9(2)10(12)7-5-4-6-8-11/h9H,3-4,6,8H2,1-2H3/t9-/m1/s1. The van der Waals surface area contributed by atoms with Crippen LogP contribution in [-0.4, -0.2) is 11.7 Å². The Kier molecular flexibility index (Phi) is 6.90. The third-order valence-electron chi connectivity index (χ3n) is 1.71. The van der Waals surface area contributed by atoms with Gasteiger partial charge in [0, 0.05) is 18.2 Å². The van der Waals surface area contributed by atoms with Gasteiger partial charge in [-0.15, -0.1) is 11.6 Å². The van der Waals surface area contributed by atoms with Gasteiger partial charge in [-0.25, -0.2) is 0 Å². The van der Waals surface area contributed by atoms with Crippen molar-refractivity contribution in [1.82, 2.24) is 0 Å². The van der Waals surface area contributed by atoms with Gasteiger partial charge in [-0.3, -0.25) is 4.79 Å². The van der Waals surface area contributed by atoms with Gasteiger partial charge in [0.2, 0.25) is 5.78 Å². The lowest BCUT2D eigenvalue weighted by molar-refractivity contribution is -0.116. The van der Waals surface area contributed by atoms with E-state index in [4.69, 9.17) is 11.6 Å². The number of carbonyl (C=O) groups is 1. The van der Waals surface area contributed by atoms with E-state index in [1.165, 1.54) is 0 Å². The summed E-state index contributed by atoms with van der Waals surface area (Å²) in [7, 11) is 0. The molecule has 0 heterocycles. The molecule has 0 saturated heterocycles. The molecule has 1 nitrogen and oxygen atoms in total. The van der Waals surface area contributed by atoms with E-state index in [0.29, 0.717) is 5.88 Å². The first-order chi connectivity index (χ1) is 5.72. The van der Waals surface area contributed by atoms with E-state index >= 15 is 0 Å². The lowest BCUT2D eigenvalue weighted by Gasteiger charge is -1.98. The van der Waals surface area contributed by atoms with Crippen LogP contribution >= 0.6 is 11.6 Å². The second kappa shape index (κ2) is 7.18. The first-order valence-corrected chi connectivity index (χ1v) is 4.84. The third-order valence-corrected chi connectivity index (χ3v) is 1.97. The van der Waals surface area contributed by atoms with Crippen LogP contribution in [-0.2, 0) is 4.79 Å². The van der Waals surface area contributed by atoms with Crippen LogP contribution in [0.1, 0.15) is 33.1 Å². The molecule has 0 aromatic rings. The van der Waals surface area contributed by atoms with Crippen molar-refractivity contribution < 1.29 is 4.79 Å². The molecule has 2 heteroatoms. The number of hydrogen-bond acceptors (Lipinski definition) is 1. The van der Waals surface area contributed by atoms with Gasteiger partial charge in [-0.1, -0.05) is 19.8 Å². The van der Waals surface area contributed by atoms with Crippen LogP contribution in [0.5, 0.6) is 0 Å². The molecule has 1 atom stereocenters. The van der Waals surface area contributed by atoms with Crippen LogP contribution < -0.4 is 0 Å². The highest BCUT2D eigenvalue weighted by molar-refractivity contribution is 6.17. The summed E-state index contributed by atoms with van der Waals surface area (Å²) in [5.74, 6) is 6.18. The highest BCUT2D eigenvalue weighted by atomic mass is 35.5. The van der Waals surface area contributed by atoms with E-state index < -0.39 is 0 Å². The largest absolute Gasteiger partial charge is 0.285 e. The Hall–Kier alpha value is -0.480. The Morgan fingerprint density at radius 1 is 1.58 bits per heavy atom. The summed E-state index contributed by atoms with van der Waals surface area (Å²) < 4.78 is 0. The van der Waals surface area contributed by atoms with Gasteiger partial charge < -0.3 is 0 Å². The molecule has 12 heavy (non-hydrogen) atoms. The molecule has 0 saturated carbocycles. The van der Waals surface area contributed by atoms with Crippen molar-refractivity contribution in [3.8, 4) is 11.8 Å². The zero-order valence-corrected chi connectivity index (χ0v) is 8.45. The molecule has 0 radical (unpaired) electrons. The number of rotatable bonds is 4. The minimum absolute atomic E-state index is 0.0482. The minimum Gasteiger partial charge on any atom is -0.285 e. The molecule has 0 unspecified atom stereocenters. The zero-order chi connectivity index (χ0) is 9.40. The van der Waals surface area contributed by atoms with Gasteiger partial charge in [0.15, 0.2) is 0 Å². The quantitative estimate of drug-likeness (QED) is 0.286. The summed E-state index contributed by atoms with van der Waals surface area (Å²) in [5.41, 5.74) is 0. The molecule has 0 aliphatic carbocycles. The Labute approximate surface area is 79.5 Å². The summed E-state index contributed by atoms with van der Waals surface area (Å²) in [6.07, 6.45) is 2.46. The van der Waals surface area contributed by atoms with E-state index in [1.807, 2.05) is 13.8 Å². The first-order valence-electron chi connectivity index (χ1n) is 4.31. The second-order valence-corrected chi connectivity index (χ2v) is 3.15. The average Bonchev–Trinajstić information content (AvgIpc) is 2.10. The van der Waals surface area contributed by atoms with E-state index in [9.17, 15) is 4.79 Å². The molecule has 0 spiro atoms. The number of carbonyl (C=O) groups excluding carboxylic acids is 1. The predicted octanol–water partition coefficient (Wildman–Crippen LogP) is 2.62. The van der Waals surface area contributed by atoms with Crippen molar-refractivity contribution in [3.05, 3.63) is 0 Å². The summed E-state index contributed by atoms with van der Waals surface area (Å²) in [6.45, 7) is 3.89. The molecule has 0 aromatic heterocycles. The molecular weight excluding hydrogens is 172 g/mol. The topological polar surface area (TPSA) is 17.1 Å². The van der Waals surface area contributed by atoms with E-state index in [-0.39, 0.29) is 11.7 Å². The maximum atomic E-state index is 11.1. The smallest absolute Gasteiger partial charge is 0.208 e. The summed E-state index contributed by atoms with van der Waals surface area (Å²) in [5, 5.41) is 0. The molecule has 0 aliphatic rings. The number of hydrogen-bond donors (Lipinski definition) is 0. The van der Waals surface area contributed by atoms with Crippen molar-refractivity contribution in [3.63, 3.8) is 0 Å². The molecule has 0 aromatic carbocycles. The molecule has 0 bridgehead atoms. The Morgan fingerprint density at radius 3 is 2.75 bits per heavy atom. The molecule has 0 aliphatic heterocycles. The van der Waals surface area contributed by atoms with Crippen LogP contribution in [0.3, 0.4) is 0 Å². The van der Waals surface area contributed by atoms with E-state index in [2.05, 4.69) is 11.8 Å². The fourth-order valence-electron chi connectivity index (χ4n) is 0.613. The number of ketones is 1. The Balaban J connectivity index is 3.71. The first kappa shape index (κ1) is 11.5. The molecular formula is C10H15ClO. The number of halogens is 1. The summed E-state index contributed by atoms with van der Waals surface area (Å²) >= 11 is 5.45. The van der Waals surface area contributed by atoms with Gasteiger partial charge in [-0.05, 0) is 18.8 Å². The maximum Gasteiger partial charge on any atom is 0.208 e. The van der Waals surface area contributed by atoms with Crippen molar-refractivity contribution in [2.75, 3.05) is 5.88 Å². The molecule has 0 amide bonds. The van der Waals surface area contributed by atoms with Gasteiger partial charge in [-0.2, -0.15) is 0 Å². The van der Waals surface area contributed by atoms with Crippen molar-refractivity contribution in [2.24, 2.45) is 5.92 Å². The lowest BCUT2D eigenvalue weighted by Crippen LogP contribution is -2.06. The lowest BCUT2D eigenvalue weighted by atomic mass is 10.0. The zero-order valence-electron chi connectivity index (χ0n) is 7.69. The SMILES string of the molecule is CC[C@@H](C)C(=O)C#CCCCCl. The van der Waals surface area contributed by atoms with Gasteiger partial charge in [0.25, 0.3) is 0 Å². The van der Waals surface area contributed by atoms with Crippen LogP contribution in [0.4, 0.5) is 0 Å². The fraction of sp³-hybridized carbons (Fsp3) is 0.700. The number of Topliss-reactive ketones (excluding diaryl/α,β-unsaturated/α-hetero) is 1. The van der Waals surface area contributed by atoms with Crippen molar-refractivity contribution in [2.45, 2.75) is 33.1 Å². The number of unbranched alkanes of at least 4 members (excludes halogenated alkanes) is 1. The Morgan fingerprint density at radius 2 is 2.25 bits per heavy atom. The predicted molar refractivity (Wildman–Crippen MR) is 52.2 cm³/mol. The fourth-order valence-corrected chi connectivity index (χ4v) is 0.747. The average molecular weight is 187 g/mol. The number of alkyl halides is 1. The second-order valence-electron chi connectivity index (χ2n) is 2.77. The van der Waals surface area contributed by atoms with Crippen molar-refractivity contribution >= 4 is 17.4 Å².